The van der Waals surface area contributed by atoms with E-state index in [1.807, 2.05) is 6.07 Å². The van der Waals surface area contributed by atoms with Gasteiger partial charge in [-0.25, -0.2) is 0 Å². The number of nitriles is 1. The number of ether oxygens (including phenoxy) is 1. The van der Waals surface area contributed by atoms with Crippen molar-refractivity contribution in [2.45, 2.75) is 12.5 Å². The predicted molar refractivity (Wildman–Crippen MR) is 62.4 cm³/mol. The van der Waals surface area contributed by atoms with E-state index in [2.05, 4.69) is 0 Å². The molecule has 0 amide bonds. The summed E-state index contributed by atoms with van der Waals surface area (Å²) in [7, 11) is 1.54. The SMILES string of the molecule is COc1cc([C@@H](N)CC#N)ccc1Cl.Cl. The number of benzene rings is 1. The summed E-state index contributed by atoms with van der Waals surface area (Å²) < 4.78 is 5.04. The first-order valence-electron chi connectivity index (χ1n) is 4.15. The molecule has 0 radical (unpaired) electrons. The highest BCUT2D eigenvalue weighted by Crippen LogP contribution is 2.27. The van der Waals surface area contributed by atoms with E-state index in [0.29, 0.717) is 10.8 Å². The van der Waals surface area contributed by atoms with Crippen molar-refractivity contribution in [1.29, 1.82) is 5.26 Å². The Morgan fingerprint density at radius 3 is 2.80 bits per heavy atom. The van der Waals surface area contributed by atoms with Crippen LogP contribution < -0.4 is 10.5 Å². The summed E-state index contributed by atoms with van der Waals surface area (Å²) >= 11 is 5.85. The van der Waals surface area contributed by atoms with Gasteiger partial charge in [0.15, 0.2) is 0 Å². The molecule has 0 unspecified atom stereocenters. The molecule has 0 aliphatic rings. The Kier molecular flexibility index (Phi) is 6.11. The van der Waals surface area contributed by atoms with Gasteiger partial charge in [-0.15, -0.1) is 12.4 Å². The molecule has 1 atom stereocenters. The summed E-state index contributed by atoms with van der Waals surface area (Å²) in [5.41, 5.74) is 6.61. The maximum atomic E-state index is 8.49. The highest BCUT2D eigenvalue weighted by molar-refractivity contribution is 6.32. The Morgan fingerprint density at radius 1 is 1.60 bits per heavy atom. The fourth-order valence-electron chi connectivity index (χ4n) is 1.12. The van der Waals surface area contributed by atoms with Gasteiger partial charge in [0.25, 0.3) is 0 Å². The Morgan fingerprint density at radius 2 is 2.27 bits per heavy atom. The standard InChI is InChI=1S/C10H11ClN2O.ClH/c1-14-10-6-7(2-3-8(10)11)9(13)4-5-12;/h2-3,6,9H,4,13H2,1H3;1H/t9-;/m0./s1. The van der Waals surface area contributed by atoms with E-state index in [-0.39, 0.29) is 24.9 Å². The second-order valence-corrected chi connectivity index (χ2v) is 3.27. The van der Waals surface area contributed by atoms with Crippen molar-refractivity contribution in [3.8, 4) is 11.8 Å². The van der Waals surface area contributed by atoms with Crippen LogP contribution in [0.15, 0.2) is 18.2 Å². The lowest BCUT2D eigenvalue weighted by molar-refractivity contribution is 0.414. The first-order valence-corrected chi connectivity index (χ1v) is 4.52. The van der Waals surface area contributed by atoms with Crippen LogP contribution in [-0.2, 0) is 0 Å². The number of hydrogen-bond acceptors (Lipinski definition) is 3. The monoisotopic (exact) mass is 246 g/mol. The van der Waals surface area contributed by atoms with Crippen LogP contribution in [0.4, 0.5) is 0 Å². The van der Waals surface area contributed by atoms with Crippen molar-refractivity contribution in [1.82, 2.24) is 0 Å². The molecule has 0 fully saturated rings. The van der Waals surface area contributed by atoms with Gasteiger partial charge in [0.05, 0.1) is 24.6 Å². The lowest BCUT2D eigenvalue weighted by atomic mass is 10.1. The summed E-state index contributed by atoms with van der Waals surface area (Å²) in [6, 6.07) is 7.00. The smallest absolute Gasteiger partial charge is 0.137 e. The molecule has 5 heteroatoms. The topological polar surface area (TPSA) is 59.0 Å². The Balaban J connectivity index is 0.00000196. The van der Waals surface area contributed by atoms with E-state index < -0.39 is 0 Å². The van der Waals surface area contributed by atoms with Crippen molar-refractivity contribution in [3.63, 3.8) is 0 Å². The Hall–Kier alpha value is -0.950. The fourth-order valence-corrected chi connectivity index (χ4v) is 1.32. The molecule has 1 aromatic carbocycles. The molecule has 1 rings (SSSR count). The molecule has 0 saturated heterocycles. The van der Waals surface area contributed by atoms with Crippen LogP contribution in [0.25, 0.3) is 0 Å². The molecule has 0 spiro atoms. The maximum absolute atomic E-state index is 8.49. The second kappa shape index (κ2) is 6.52. The zero-order chi connectivity index (χ0) is 10.6. The quantitative estimate of drug-likeness (QED) is 0.893. The van der Waals surface area contributed by atoms with Gasteiger partial charge in [-0.2, -0.15) is 5.26 Å². The van der Waals surface area contributed by atoms with E-state index in [9.17, 15) is 0 Å². The minimum absolute atomic E-state index is 0. The fraction of sp³-hybridized carbons (Fsp3) is 0.300. The number of nitrogens with two attached hydrogens (primary N) is 1. The molecule has 0 heterocycles. The third kappa shape index (κ3) is 3.60. The largest absolute Gasteiger partial charge is 0.495 e. The van der Waals surface area contributed by atoms with E-state index in [4.69, 9.17) is 27.3 Å². The molecule has 0 saturated carbocycles. The average Bonchev–Trinajstić information content (AvgIpc) is 2.19. The van der Waals surface area contributed by atoms with Gasteiger partial charge in [-0.3, -0.25) is 0 Å². The summed E-state index contributed by atoms with van der Waals surface area (Å²) in [6.07, 6.45) is 0.283. The Labute approximate surface area is 100 Å². The zero-order valence-electron chi connectivity index (χ0n) is 8.24. The number of methoxy groups -OCH3 is 1. The zero-order valence-corrected chi connectivity index (χ0v) is 9.81. The number of hydrogen-bond donors (Lipinski definition) is 1. The van der Waals surface area contributed by atoms with Crippen LogP contribution >= 0.6 is 24.0 Å². The van der Waals surface area contributed by atoms with E-state index in [1.54, 1.807) is 25.3 Å². The lowest BCUT2D eigenvalue weighted by Crippen LogP contribution is -2.09. The lowest BCUT2D eigenvalue weighted by Gasteiger charge is -2.10. The van der Waals surface area contributed by atoms with Crippen molar-refractivity contribution in [2.24, 2.45) is 5.73 Å². The average molecular weight is 247 g/mol. The molecule has 15 heavy (non-hydrogen) atoms. The van der Waals surface area contributed by atoms with Crippen molar-refractivity contribution < 1.29 is 4.74 Å². The van der Waals surface area contributed by atoms with Gasteiger partial charge in [0.1, 0.15) is 5.75 Å². The molecule has 2 N–H and O–H groups in total. The molecule has 1 aromatic rings. The third-order valence-electron chi connectivity index (χ3n) is 1.91. The maximum Gasteiger partial charge on any atom is 0.137 e. The summed E-state index contributed by atoms with van der Waals surface area (Å²) in [5.74, 6) is 0.581. The minimum atomic E-state index is -0.286. The van der Waals surface area contributed by atoms with Gasteiger partial charge in [0, 0.05) is 6.04 Å². The first-order chi connectivity index (χ1) is 6.69. The molecular weight excluding hydrogens is 235 g/mol. The Bertz CT molecular complexity index is 363. The van der Waals surface area contributed by atoms with E-state index in [0.717, 1.165) is 5.56 Å². The van der Waals surface area contributed by atoms with Crippen molar-refractivity contribution in [3.05, 3.63) is 28.8 Å². The van der Waals surface area contributed by atoms with Gasteiger partial charge >= 0.3 is 0 Å². The highest BCUT2D eigenvalue weighted by atomic mass is 35.5. The second-order valence-electron chi connectivity index (χ2n) is 2.86. The number of rotatable bonds is 3. The van der Waals surface area contributed by atoms with Gasteiger partial charge in [0.2, 0.25) is 0 Å². The van der Waals surface area contributed by atoms with E-state index >= 15 is 0 Å². The summed E-state index contributed by atoms with van der Waals surface area (Å²) in [6.45, 7) is 0. The molecular formula is C10H12Cl2N2O. The highest BCUT2D eigenvalue weighted by Gasteiger charge is 2.08. The predicted octanol–water partition coefficient (Wildman–Crippen LogP) is 2.68. The van der Waals surface area contributed by atoms with Crippen LogP contribution in [0.3, 0.4) is 0 Å². The normalized spacial score (nSPS) is 11.1. The van der Waals surface area contributed by atoms with Crippen LogP contribution in [0.1, 0.15) is 18.0 Å². The molecule has 0 bridgehead atoms. The van der Waals surface area contributed by atoms with Crippen LogP contribution in [0.5, 0.6) is 5.75 Å². The van der Waals surface area contributed by atoms with Gasteiger partial charge in [-0.1, -0.05) is 17.7 Å². The molecule has 0 aliphatic carbocycles. The summed E-state index contributed by atoms with van der Waals surface area (Å²) in [5, 5.41) is 9.03. The summed E-state index contributed by atoms with van der Waals surface area (Å²) in [4.78, 5) is 0. The minimum Gasteiger partial charge on any atom is -0.495 e. The van der Waals surface area contributed by atoms with Crippen LogP contribution in [0.2, 0.25) is 5.02 Å². The number of nitrogens with zero attached hydrogens (tertiary/aromatic N) is 1. The van der Waals surface area contributed by atoms with Crippen molar-refractivity contribution in [2.75, 3.05) is 7.11 Å². The van der Waals surface area contributed by atoms with Gasteiger partial charge in [-0.05, 0) is 17.7 Å². The van der Waals surface area contributed by atoms with Gasteiger partial charge < -0.3 is 10.5 Å². The first kappa shape index (κ1) is 14.1. The molecule has 0 aliphatic heterocycles. The van der Waals surface area contributed by atoms with Crippen molar-refractivity contribution >= 4 is 24.0 Å². The third-order valence-corrected chi connectivity index (χ3v) is 2.23. The molecule has 82 valence electrons. The molecule has 0 aromatic heterocycles. The van der Waals surface area contributed by atoms with E-state index in [1.165, 1.54) is 0 Å². The molecule has 3 nitrogen and oxygen atoms in total. The van der Waals surface area contributed by atoms with Crippen LogP contribution in [0, 0.1) is 11.3 Å². The number of halogens is 2. The van der Waals surface area contributed by atoms with Crippen LogP contribution in [-0.4, -0.2) is 7.11 Å².